The average Bonchev–Trinajstić information content (AvgIpc) is 3.25. The number of nitrogens with two attached hydrogens (primary N) is 1. The van der Waals surface area contributed by atoms with E-state index in [0.717, 1.165) is 48.9 Å². The fourth-order valence-corrected chi connectivity index (χ4v) is 6.13. The van der Waals surface area contributed by atoms with E-state index < -0.39 is 22.2 Å². The molecule has 0 radical (unpaired) electrons. The number of benzene rings is 2. The first kappa shape index (κ1) is 24.9. The third-order valence-electron chi connectivity index (χ3n) is 5.90. The SMILES string of the molecule is CCCCCCCS(=O)(=NCC(=O)O)c1ccc2c(c1)CCN2C(=O)c1cccc(CN)c1. The molecule has 1 aliphatic rings. The first-order chi connectivity index (χ1) is 15.9. The first-order valence-electron chi connectivity index (χ1n) is 11.5. The van der Waals surface area contributed by atoms with Crippen LogP contribution in [0.5, 0.6) is 0 Å². The Morgan fingerprint density at radius 3 is 2.64 bits per heavy atom. The van der Waals surface area contributed by atoms with Crippen LogP contribution in [0.2, 0.25) is 0 Å². The van der Waals surface area contributed by atoms with Crippen molar-refractivity contribution in [1.82, 2.24) is 0 Å². The minimum Gasteiger partial charge on any atom is -0.480 e. The number of aliphatic carboxylic acids is 1. The zero-order valence-corrected chi connectivity index (χ0v) is 20.0. The van der Waals surface area contributed by atoms with Crippen LogP contribution in [0.25, 0.3) is 0 Å². The van der Waals surface area contributed by atoms with Crippen molar-refractivity contribution in [3.8, 4) is 0 Å². The van der Waals surface area contributed by atoms with Crippen LogP contribution < -0.4 is 10.6 Å². The topological polar surface area (TPSA) is 113 Å². The Morgan fingerprint density at radius 2 is 1.91 bits per heavy atom. The van der Waals surface area contributed by atoms with Gasteiger partial charge >= 0.3 is 5.97 Å². The fraction of sp³-hybridized carbons (Fsp3) is 0.440. The number of carbonyl (C=O) groups excluding carboxylic acids is 1. The Balaban J connectivity index is 1.84. The zero-order chi connectivity index (χ0) is 23.8. The summed E-state index contributed by atoms with van der Waals surface area (Å²) in [4.78, 5) is 26.5. The molecule has 1 aliphatic heterocycles. The Hall–Kier alpha value is -2.71. The maximum atomic E-state index is 13.7. The lowest BCUT2D eigenvalue weighted by Crippen LogP contribution is -2.29. The molecule has 7 nitrogen and oxygen atoms in total. The van der Waals surface area contributed by atoms with Gasteiger partial charge in [0.15, 0.2) is 0 Å². The summed E-state index contributed by atoms with van der Waals surface area (Å²) in [5.41, 5.74) is 8.92. The van der Waals surface area contributed by atoms with Crippen LogP contribution in [0.1, 0.15) is 60.5 Å². The quantitative estimate of drug-likeness (QED) is 0.476. The van der Waals surface area contributed by atoms with E-state index in [1.165, 1.54) is 0 Å². The summed E-state index contributed by atoms with van der Waals surface area (Å²) >= 11 is 0. The van der Waals surface area contributed by atoms with Gasteiger partial charge in [-0.25, -0.2) is 8.57 Å². The number of hydrogen-bond acceptors (Lipinski definition) is 5. The monoisotopic (exact) mass is 471 g/mol. The van der Waals surface area contributed by atoms with E-state index in [4.69, 9.17) is 10.8 Å². The first-order valence-corrected chi connectivity index (χ1v) is 13.2. The summed E-state index contributed by atoms with van der Waals surface area (Å²) in [6.07, 6.45) is 5.65. The van der Waals surface area contributed by atoms with Crippen molar-refractivity contribution in [3.63, 3.8) is 0 Å². The van der Waals surface area contributed by atoms with Gasteiger partial charge in [-0.05, 0) is 54.3 Å². The highest BCUT2D eigenvalue weighted by atomic mass is 32.2. The van der Waals surface area contributed by atoms with Crippen LogP contribution in [-0.4, -0.2) is 40.0 Å². The molecule has 0 fully saturated rings. The summed E-state index contributed by atoms with van der Waals surface area (Å²) in [6, 6.07) is 12.7. The van der Waals surface area contributed by atoms with Crippen LogP contribution in [0.3, 0.4) is 0 Å². The number of carboxylic acids is 1. The number of rotatable bonds is 11. The molecule has 1 heterocycles. The van der Waals surface area contributed by atoms with Crippen molar-refractivity contribution < 1.29 is 18.9 Å². The third-order valence-corrected chi connectivity index (χ3v) is 8.28. The molecule has 178 valence electrons. The van der Waals surface area contributed by atoms with Crippen LogP contribution in [0.4, 0.5) is 5.69 Å². The van der Waals surface area contributed by atoms with Crippen molar-refractivity contribution in [3.05, 3.63) is 59.2 Å². The summed E-state index contributed by atoms with van der Waals surface area (Å²) in [5, 5.41) is 9.09. The molecule has 0 aliphatic carbocycles. The standard InChI is InChI=1S/C25H33N3O4S/c1-2-3-4-5-6-14-33(32,27-18-24(29)30)22-10-11-23-20(16-22)12-13-28(23)25(31)21-9-7-8-19(15-21)17-26/h7-11,15-16H,2-6,12-14,17-18,26H2,1H3,(H,29,30). The van der Waals surface area contributed by atoms with Crippen molar-refractivity contribution in [2.75, 3.05) is 23.7 Å². The van der Waals surface area contributed by atoms with Crippen molar-refractivity contribution in [2.45, 2.75) is 56.9 Å². The highest BCUT2D eigenvalue weighted by Crippen LogP contribution is 2.32. The van der Waals surface area contributed by atoms with Gasteiger partial charge < -0.3 is 15.7 Å². The maximum absolute atomic E-state index is 13.7. The van der Waals surface area contributed by atoms with E-state index in [1.54, 1.807) is 17.0 Å². The lowest BCUT2D eigenvalue weighted by molar-refractivity contribution is -0.135. The number of anilines is 1. The Labute approximate surface area is 196 Å². The second-order valence-corrected chi connectivity index (χ2v) is 10.8. The Kier molecular flexibility index (Phi) is 8.63. The van der Waals surface area contributed by atoms with Gasteiger partial charge in [0.1, 0.15) is 6.54 Å². The second-order valence-electron chi connectivity index (χ2n) is 8.34. The highest BCUT2D eigenvalue weighted by molar-refractivity contribution is 7.93. The molecule has 3 rings (SSSR count). The van der Waals surface area contributed by atoms with Crippen molar-refractivity contribution >= 4 is 27.3 Å². The van der Waals surface area contributed by atoms with Gasteiger partial charge in [0.25, 0.3) is 5.91 Å². The predicted molar refractivity (Wildman–Crippen MR) is 131 cm³/mol. The molecule has 1 amide bonds. The van der Waals surface area contributed by atoms with Gasteiger partial charge in [-0.15, -0.1) is 0 Å². The average molecular weight is 472 g/mol. The molecule has 2 aromatic carbocycles. The summed E-state index contributed by atoms with van der Waals surface area (Å²) in [5.74, 6) is -0.840. The number of carboxylic acid groups (broad SMARTS) is 1. The molecular formula is C25H33N3O4S. The van der Waals surface area contributed by atoms with Gasteiger partial charge in [-0.1, -0.05) is 44.7 Å². The fourth-order valence-electron chi connectivity index (χ4n) is 4.09. The molecule has 0 saturated carbocycles. The van der Waals surface area contributed by atoms with Crippen LogP contribution in [0, 0.1) is 0 Å². The van der Waals surface area contributed by atoms with Crippen molar-refractivity contribution in [1.29, 1.82) is 0 Å². The van der Waals surface area contributed by atoms with Gasteiger partial charge in [-0.2, -0.15) is 0 Å². The second kappa shape index (κ2) is 11.4. The molecule has 2 aromatic rings. The van der Waals surface area contributed by atoms with Gasteiger partial charge in [0.05, 0.1) is 9.73 Å². The van der Waals surface area contributed by atoms with Crippen LogP contribution >= 0.6 is 0 Å². The molecule has 8 heteroatoms. The number of carbonyl (C=O) groups is 2. The number of amides is 1. The predicted octanol–water partition coefficient (Wildman–Crippen LogP) is 4.23. The number of nitrogens with zero attached hydrogens (tertiary/aromatic N) is 2. The van der Waals surface area contributed by atoms with Crippen molar-refractivity contribution in [2.24, 2.45) is 10.1 Å². The lowest BCUT2D eigenvalue weighted by atomic mass is 10.1. The summed E-state index contributed by atoms with van der Waals surface area (Å²) in [7, 11) is -2.84. The van der Waals surface area contributed by atoms with E-state index in [2.05, 4.69) is 11.3 Å². The number of hydrogen-bond donors (Lipinski definition) is 2. The van der Waals surface area contributed by atoms with E-state index >= 15 is 0 Å². The lowest BCUT2D eigenvalue weighted by Gasteiger charge is -2.18. The molecule has 3 N–H and O–H groups in total. The highest BCUT2D eigenvalue weighted by Gasteiger charge is 2.27. The van der Waals surface area contributed by atoms with Gasteiger partial charge in [0.2, 0.25) is 0 Å². The molecule has 0 saturated heterocycles. The summed E-state index contributed by atoms with van der Waals surface area (Å²) < 4.78 is 17.8. The molecule has 1 atom stereocenters. The molecule has 0 spiro atoms. The van der Waals surface area contributed by atoms with Crippen LogP contribution in [-0.2, 0) is 27.5 Å². The normalized spacial score (nSPS) is 14.5. The maximum Gasteiger partial charge on any atom is 0.326 e. The van der Waals surface area contributed by atoms with E-state index in [-0.39, 0.29) is 5.91 Å². The van der Waals surface area contributed by atoms with E-state index in [9.17, 15) is 13.8 Å². The van der Waals surface area contributed by atoms with Crippen LogP contribution in [0.15, 0.2) is 51.7 Å². The molecule has 1 unspecified atom stereocenters. The van der Waals surface area contributed by atoms with Gasteiger partial charge in [0, 0.05) is 35.0 Å². The van der Waals surface area contributed by atoms with E-state index in [1.807, 2.05) is 30.3 Å². The third kappa shape index (κ3) is 6.21. The minimum absolute atomic E-state index is 0.0935. The molecule has 33 heavy (non-hydrogen) atoms. The molecule has 0 bridgehead atoms. The number of unbranched alkanes of at least 4 members (excludes halogenated alkanes) is 4. The minimum atomic E-state index is -2.84. The largest absolute Gasteiger partial charge is 0.480 e. The Bertz CT molecular complexity index is 1120. The Morgan fingerprint density at radius 1 is 1.12 bits per heavy atom. The number of fused-ring (bicyclic) bond motifs is 1. The molecular weight excluding hydrogens is 438 g/mol. The smallest absolute Gasteiger partial charge is 0.326 e. The van der Waals surface area contributed by atoms with E-state index in [0.29, 0.717) is 35.7 Å². The van der Waals surface area contributed by atoms with Gasteiger partial charge in [-0.3, -0.25) is 9.59 Å². The molecule has 0 aromatic heterocycles. The summed E-state index contributed by atoms with van der Waals surface area (Å²) in [6.45, 7) is 2.56. The zero-order valence-electron chi connectivity index (χ0n) is 19.2.